The summed E-state index contributed by atoms with van der Waals surface area (Å²) < 4.78 is 7.89. The minimum atomic E-state index is -0.681. The van der Waals surface area contributed by atoms with E-state index in [1.807, 2.05) is 39.1 Å². The number of aliphatic hydroxyl groups excluding tert-OH is 1. The molecule has 0 amide bonds. The fraction of sp³-hybridized carbons (Fsp3) is 0.500. The van der Waals surface area contributed by atoms with Crippen LogP contribution in [-0.2, 0) is 22.4 Å². The molecule has 0 bridgehead atoms. The Labute approximate surface area is 199 Å². The van der Waals surface area contributed by atoms with Crippen molar-refractivity contribution < 1.29 is 14.6 Å². The lowest BCUT2D eigenvalue weighted by Gasteiger charge is -2.41. The van der Waals surface area contributed by atoms with Gasteiger partial charge in [-0.3, -0.25) is 4.98 Å². The topological polar surface area (TPSA) is 102 Å². The van der Waals surface area contributed by atoms with E-state index in [2.05, 4.69) is 26.1 Å². The summed E-state index contributed by atoms with van der Waals surface area (Å²) in [4.78, 5) is 26.4. The number of nitrogens with zero attached hydrogens (tertiary/aromatic N) is 5. The molecule has 2 aliphatic rings. The van der Waals surface area contributed by atoms with Crippen LogP contribution < -0.4 is 0 Å². The van der Waals surface area contributed by atoms with Crippen molar-refractivity contribution in [3.63, 3.8) is 0 Å². The average Bonchev–Trinajstić information content (AvgIpc) is 3.45. The second kappa shape index (κ2) is 8.81. The van der Waals surface area contributed by atoms with Crippen LogP contribution in [0.3, 0.4) is 0 Å². The third-order valence-corrected chi connectivity index (χ3v) is 7.25. The number of hydrogen-bond acceptors (Lipinski definition) is 7. The maximum atomic E-state index is 13.3. The predicted molar refractivity (Wildman–Crippen MR) is 126 cm³/mol. The first-order valence-electron chi connectivity index (χ1n) is 12.1. The molecule has 1 N–H and O–H groups in total. The van der Waals surface area contributed by atoms with Crippen LogP contribution in [0.2, 0.25) is 0 Å². The van der Waals surface area contributed by atoms with Crippen LogP contribution in [0.1, 0.15) is 67.0 Å². The first-order chi connectivity index (χ1) is 16.3. The van der Waals surface area contributed by atoms with E-state index in [0.29, 0.717) is 24.4 Å². The Kier molecular flexibility index (Phi) is 5.83. The van der Waals surface area contributed by atoms with Gasteiger partial charge in [-0.15, -0.1) is 5.10 Å². The van der Waals surface area contributed by atoms with Gasteiger partial charge < -0.3 is 9.84 Å². The van der Waals surface area contributed by atoms with Gasteiger partial charge in [0.25, 0.3) is 5.78 Å². The summed E-state index contributed by atoms with van der Waals surface area (Å²) in [6, 6.07) is 6.01. The molecule has 0 radical (unpaired) electrons. The van der Waals surface area contributed by atoms with E-state index in [9.17, 15) is 9.90 Å². The Morgan fingerprint density at radius 2 is 1.94 bits per heavy atom. The molecule has 0 saturated heterocycles. The van der Waals surface area contributed by atoms with Crippen molar-refractivity contribution in [2.24, 2.45) is 5.92 Å². The van der Waals surface area contributed by atoms with Crippen molar-refractivity contribution in [3.8, 4) is 0 Å². The Morgan fingerprint density at radius 3 is 2.68 bits per heavy atom. The van der Waals surface area contributed by atoms with Gasteiger partial charge in [0.15, 0.2) is 5.82 Å². The zero-order valence-corrected chi connectivity index (χ0v) is 20.0. The first kappa shape index (κ1) is 22.5. The van der Waals surface area contributed by atoms with E-state index in [0.717, 1.165) is 49.2 Å². The number of ether oxygens (including phenoxy) is 1. The first-order valence-corrected chi connectivity index (χ1v) is 12.1. The minimum Gasteiger partial charge on any atom is -0.512 e. The average molecular weight is 462 g/mol. The number of aryl methyl sites for hydroxylation is 4. The number of carbonyl (C=O) groups is 1. The van der Waals surface area contributed by atoms with Crippen molar-refractivity contribution in [2.45, 2.75) is 77.7 Å². The van der Waals surface area contributed by atoms with Gasteiger partial charge in [-0.1, -0.05) is 12.8 Å². The third kappa shape index (κ3) is 4.29. The van der Waals surface area contributed by atoms with Crippen molar-refractivity contribution in [2.75, 3.05) is 0 Å². The highest BCUT2D eigenvalue weighted by Crippen LogP contribution is 2.46. The summed E-state index contributed by atoms with van der Waals surface area (Å²) in [7, 11) is 0. The van der Waals surface area contributed by atoms with E-state index in [1.165, 1.54) is 5.56 Å². The van der Waals surface area contributed by atoms with Gasteiger partial charge in [-0.25, -0.2) is 14.3 Å². The van der Waals surface area contributed by atoms with Crippen LogP contribution in [0.25, 0.3) is 5.78 Å². The van der Waals surface area contributed by atoms with Gasteiger partial charge >= 0.3 is 5.97 Å². The maximum absolute atomic E-state index is 13.3. The summed E-state index contributed by atoms with van der Waals surface area (Å²) in [5.41, 5.74) is 3.48. The van der Waals surface area contributed by atoms with E-state index in [1.54, 1.807) is 4.52 Å². The van der Waals surface area contributed by atoms with Gasteiger partial charge in [-0.05, 0) is 76.1 Å². The number of aliphatic hydroxyl groups is 1. The number of aromatic nitrogens is 5. The van der Waals surface area contributed by atoms with Crippen LogP contribution in [0.5, 0.6) is 0 Å². The van der Waals surface area contributed by atoms with Crippen LogP contribution in [0, 0.1) is 26.7 Å². The Balaban J connectivity index is 1.41. The van der Waals surface area contributed by atoms with Gasteiger partial charge in [0.05, 0.1) is 5.57 Å². The molecule has 3 aromatic heterocycles. The van der Waals surface area contributed by atoms with E-state index in [-0.39, 0.29) is 23.7 Å². The normalized spacial score (nSPS) is 21.4. The number of pyridine rings is 1. The van der Waals surface area contributed by atoms with Crippen LogP contribution in [0.15, 0.2) is 35.7 Å². The molecule has 34 heavy (non-hydrogen) atoms. The lowest BCUT2D eigenvalue weighted by atomic mass is 9.76. The monoisotopic (exact) mass is 461 g/mol. The second-order valence-electron chi connectivity index (χ2n) is 9.80. The fourth-order valence-electron chi connectivity index (χ4n) is 5.54. The molecular weight excluding hydrogens is 430 g/mol. The molecule has 8 nitrogen and oxygen atoms in total. The number of fused-ring (bicyclic) bond motifs is 1. The molecule has 0 spiro atoms. The lowest BCUT2D eigenvalue weighted by Crippen LogP contribution is -2.46. The maximum Gasteiger partial charge on any atom is 0.338 e. The molecule has 1 fully saturated rings. The van der Waals surface area contributed by atoms with Gasteiger partial charge in [-0.2, -0.15) is 4.98 Å². The van der Waals surface area contributed by atoms with Gasteiger partial charge in [0.2, 0.25) is 0 Å². The summed E-state index contributed by atoms with van der Waals surface area (Å²) >= 11 is 0. The van der Waals surface area contributed by atoms with Crippen molar-refractivity contribution >= 4 is 11.7 Å². The van der Waals surface area contributed by atoms with Crippen LogP contribution in [-0.4, -0.2) is 41.2 Å². The van der Waals surface area contributed by atoms with Gasteiger partial charge in [0.1, 0.15) is 11.4 Å². The number of hydrogen-bond donors (Lipinski definition) is 1. The highest BCUT2D eigenvalue weighted by Gasteiger charge is 2.48. The van der Waals surface area contributed by atoms with Crippen LogP contribution >= 0.6 is 0 Å². The highest BCUT2D eigenvalue weighted by atomic mass is 16.6. The molecule has 4 heterocycles. The summed E-state index contributed by atoms with van der Waals surface area (Å²) in [6.45, 7) is 5.82. The summed E-state index contributed by atoms with van der Waals surface area (Å²) in [6.07, 6.45) is 8.03. The Bertz CT molecular complexity index is 1270. The van der Waals surface area contributed by atoms with Gasteiger partial charge in [0, 0.05) is 36.1 Å². The molecule has 8 heteroatoms. The molecule has 5 rings (SSSR count). The van der Waals surface area contributed by atoms with E-state index >= 15 is 0 Å². The minimum absolute atomic E-state index is 0.105. The molecule has 1 atom stereocenters. The Morgan fingerprint density at radius 1 is 1.15 bits per heavy atom. The SMILES string of the molecule is Cc1cc(CCC2(C3CCCC3)CC(O)=C(Cc3nc4nc(C)cc(C)n4n3)C(=O)O2)ccn1. The number of carbonyl (C=O) groups excluding carboxylic acids is 1. The smallest absolute Gasteiger partial charge is 0.338 e. The molecule has 1 aliphatic heterocycles. The summed E-state index contributed by atoms with van der Waals surface area (Å²) in [5, 5.41) is 15.6. The van der Waals surface area contributed by atoms with Crippen molar-refractivity contribution in [1.82, 2.24) is 24.6 Å². The Hall–Kier alpha value is -3.29. The molecule has 0 aromatic carbocycles. The van der Waals surface area contributed by atoms with Crippen molar-refractivity contribution in [1.29, 1.82) is 0 Å². The molecule has 3 aromatic rings. The third-order valence-electron chi connectivity index (χ3n) is 7.25. The van der Waals surface area contributed by atoms with E-state index < -0.39 is 11.6 Å². The quantitative estimate of drug-likeness (QED) is 0.546. The zero-order valence-electron chi connectivity index (χ0n) is 20.0. The molecule has 1 unspecified atom stereocenters. The molecule has 178 valence electrons. The standard InChI is InChI=1S/C26H31N5O3/c1-16-13-19(9-11-27-16)8-10-26(20-6-4-5-7-20)15-22(32)21(24(33)34-26)14-23-29-25-28-17(2)12-18(3)31(25)30-23/h9,11-13,20,32H,4-8,10,14-15H2,1-3H3. The molecular formula is C26H31N5O3. The number of rotatable bonds is 6. The van der Waals surface area contributed by atoms with Crippen LogP contribution in [0.4, 0.5) is 0 Å². The largest absolute Gasteiger partial charge is 0.512 e. The lowest BCUT2D eigenvalue weighted by molar-refractivity contribution is -0.167. The van der Waals surface area contributed by atoms with E-state index in [4.69, 9.17) is 4.74 Å². The van der Waals surface area contributed by atoms with Crippen molar-refractivity contribution in [3.05, 3.63) is 64.2 Å². The number of cyclic esters (lactones) is 1. The zero-order chi connectivity index (χ0) is 23.9. The predicted octanol–water partition coefficient (Wildman–Crippen LogP) is 4.31. The fourth-order valence-corrected chi connectivity index (χ4v) is 5.54. The molecule has 1 saturated carbocycles. The summed E-state index contributed by atoms with van der Waals surface area (Å²) in [5.74, 6) is 0.839. The second-order valence-corrected chi connectivity index (χ2v) is 9.80. The number of esters is 1. The molecule has 1 aliphatic carbocycles. The highest BCUT2D eigenvalue weighted by molar-refractivity contribution is 5.90.